The minimum Gasteiger partial charge on any atom is -0.496 e. The summed E-state index contributed by atoms with van der Waals surface area (Å²) < 4.78 is 5.48. The lowest BCUT2D eigenvalue weighted by atomic mass is 10.0. The summed E-state index contributed by atoms with van der Waals surface area (Å²) in [5.74, 6) is 1.89. The van der Waals surface area contributed by atoms with Crippen molar-refractivity contribution in [2.75, 3.05) is 23.2 Å². The number of para-hydroxylation sites is 2. The van der Waals surface area contributed by atoms with E-state index in [-0.39, 0.29) is 0 Å². The quantitative estimate of drug-likeness (QED) is 0.194. The zero-order chi connectivity index (χ0) is 23.9. The van der Waals surface area contributed by atoms with Crippen LogP contribution in [0.1, 0.15) is 5.56 Å². The summed E-state index contributed by atoms with van der Waals surface area (Å²) >= 11 is 0. The van der Waals surface area contributed by atoms with Crippen molar-refractivity contribution in [3.63, 3.8) is 0 Å². The molecule has 0 bridgehead atoms. The molecule has 0 amide bonds. The third-order valence-electron chi connectivity index (χ3n) is 5.20. The first-order valence-electron chi connectivity index (χ1n) is 11.0. The van der Waals surface area contributed by atoms with Gasteiger partial charge in [-0.3, -0.25) is 0 Å². The van der Waals surface area contributed by atoms with Gasteiger partial charge in [-0.25, -0.2) is 5.43 Å². The Balaban J connectivity index is 1.42. The van der Waals surface area contributed by atoms with E-state index < -0.39 is 0 Å². The average Bonchev–Trinajstić information content (AvgIpc) is 2.90. The predicted octanol–water partition coefficient (Wildman–Crippen LogP) is 5.97. The maximum absolute atomic E-state index is 5.48. The van der Waals surface area contributed by atoms with E-state index >= 15 is 0 Å². The number of fused-ring (bicyclic) bond motifs is 1. The van der Waals surface area contributed by atoms with Crippen LogP contribution in [0.25, 0.3) is 10.8 Å². The first-order valence-corrected chi connectivity index (χ1v) is 11.0. The Hall–Kier alpha value is -4.98. The zero-order valence-electron chi connectivity index (χ0n) is 19.0. The van der Waals surface area contributed by atoms with Crippen LogP contribution < -0.4 is 20.8 Å². The van der Waals surface area contributed by atoms with Gasteiger partial charge >= 0.3 is 0 Å². The number of aromatic nitrogens is 3. The molecule has 5 aromatic rings. The lowest BCUT2D eigenvalue weighted by Crippen LogP contribution is -2.07. The maximum Gasteiger partial charge on any atom is 0.250 e. The van der Waals surface area contributed by atoms with Gasteiger partial charge in [-0.05, 0) is 41.8 Å². The smallest absolute Gasteiger partial charge is 0.250 e. The van der Waals surface area contributed by atoms with Gasteiger partial charge < -0.3 is 15.4 Å². The fourth-order valence-electron chi connectivity index (χ4n) is 3.58. The van der Waals surface area contributed by atoms with Crippen molar-refractivity contribution in [3.8, 4) is 5.75 Å². The van der Waals surface area contributed by atoms with Crippen molar-refractivity contribution in [1.82, 2.24) is 15.0 Å². The molecule has 3 N–H and O–H groups in total. The number of methoxy groups -OCH3 is 1. The van der Waals surface area contributed by atoms with E-state index in [1.807, 2.05) is 97.1 Å². The second-order valence-electron chi connectivity index (χ2n) is 7.56. The molecule has 1 aromatic heterocycles. The second-order valence-corrected chi connectivity index (χ2v) is 7.56. The molecule has 8 nitrogen and oxygen atoms in total. The molecule has 0 radical (unpaired) electrons. The Labute approximate surface area is 202 Å². The Morgan fingerprint density at radius 3 is 1.77 bits per heavy atom. The van der Waals surface area contributed by atoms with Gasteiger partial charge in [0.2, 0.25) is 17.8 Å². The lowest BCUT2D eigenvalue weighted by molar-refractivity contribution is 0.420. The Bertz CT molecular complexity index is 1400. The normalized spacial score (nSPS) is 10.9. The van der Waals surface area contributed by atoms with Crippen molar-refractivity contribution >= 4 is 46.2 Å². The highest BCUT2D eigenvalue weighted by molar-refractivity contribution is 6.02. The van der Waals surface area contributed by atoms with Gasteiger partial charge in [0.1, 0.15) is 5.75 Å². The van der Waals surface area contributed by atoms with E-state index in [4.69, 9.17) is 4.74 Å². The molecule has 0 spiro atoms. The zero-order valence-corrected chi connectivity index (χ0v) is 19.0. The van der Waals surface area contributed by atoms with E-state index in [1.54, 1.807) is 13.3 Å². The van der Waals surface area contributed by atoms with Gasteiger partial charge in [0.05, 0.1) is 13.3 Å². The fourth-order valence-corrected chi connectivity index (χ4v) is 3.58. The molecule has 0 atom stereocenters. The molecule has 35 heavy (non-hydrogen) atoms. The fraction of sp³-hybridized carbons (Fsp3) is 0.0370. The third kappa shape index (κ3) is 5.33. The van der Waals surface area contributed by atoms with Crippen molar-refractivity contribution in [2.24, 2.45) is 5.10 Å². The molecular weight excluding hydrogens is 438 g/mol. The monoisotopic (exact) mass is 461 g/mol. The predicted molar refractivity (Wildman–Crippen MR) is 141 cm³/mol. The molecule has 0 unspecified atom stereocenters. The van der Waals surface area contributed by atoms with Gasteiger partial charge in [0.25, 0.3) is 0 Å². The van der Waals surface area contributed by atoms with Crippen LogP contribution in [0.2, 0.25) is 0 Å². The van der Waals surface area contributed by atoms with Crippen LogP contribution in [-0.4, -0.2) is 28.3 Å². The van der Waals surface area contributed by atoms with Crippen LogP contribution in [0.3, 0.4) is 0 Å². The third-order valence-corrected chi connectivity index (χ3v) is 5.20. The topological polar surface area (TPSA) is 96.4 Å². The average molecular weight is 462 g/mol. The molecule has 5 rings (SSSR count). The highest BCUT2D eigenvalue weighted by Gasteiger charge is 2.08. The molecule has 172 valence electrons. The number of hydrogen-bond donors (Lipinski definition) is 3. The number of hydrazone groups is 1. The highest BCUT2D eigenvalue weighted by atomic mass is 16.5. The molecule has 8 heteroatoms. The minimum atomic E-state index is 0.297. The summed E-state index contributed by atoms with van der Waals surface area (Å²) in [6, 6.07) is 31.3. The van der Waals surface area contributed by atoms with E-state index in [2.05, 4.69) is 36.1 Å². The first kappa shape index (κ1) is 21.8. The molecule has 0 saturated heterocycles. The minimum absolute atomic E-state index is 0.297. The van der Waals surface area contributed by atoms with E-state index in [0.29, 0.717) is 17.8 Å². The van der Waals surface area contributed by atoms with Gasteiger partial charge in [-0.15, -0.1) is 0 Å². The lowest BCUT2D eigenvalue weighted by Gasteiger charge is -2.10. The van der Waals surface area contributed by atoms with Crippen LogP contribution in [-0.2, 0) is 0 Å². The summed E-state index contributed by atoms with van der Waals surface area (Å²) in [5.41, 5.74) is 5.60. The summed E-state index contributed by atoms with van der Waals surface area (Å²) in [5, 5.41) is 12.9. The van der Waals surface area contributed by atoms with Crippen molar-refractivity contribution in [1.29, 1.82) is 0 Å². The Morgan fingerprint density at radius 2 is 1.17 bits per heavy atom. The SMILES string of the molecule is COc1ccc(/C=N\Nc2nc(Nc3ccccc3)nc(Nc3ccccc3)n2)c2ccccc12. The van der Waals surface area contributed by atoms with Gasteiger partial charge in [0, 0.05) is 22.3 Å². The first-order chi connectivity index (χ1) is 17.3. The standard InChI is InChI=1S/C27H23N7O/c1-35-24-17-16-19(22-14-8-9-15-23(22)24)18-28-34-27-32-25(29-20-10-4-2-5-11-20)31-26(33-27)30-21-12-6-3-7-13-21/h2-18H,1H3,(H3,29,30,31,32,33,34)/b28-18-. The molecule has 0 aliphatic heterocycles. The number of benzene rings is 4. The molecule has 0 saturated carbocycles. The maximum atomic E-state index is 5.48. The molecule has 0 aliphatic carbocycles. The van der Waals surface area contributed by atoms with Gasteiger partial charge in [-0.1, -0.05) is 60.7 Å². The largest absolute Gasteiger partial charge is 0.496 e. The number of ether oxygens (including phenoxy) is 1. The molecular formula is C27H23N7O. The summed E-state index contributed by atoms with van der Waals surface area (Å²) in [6.45, 7) is 0. The highest BCUT2D eigenvalue weighted by Crippen LogP contribution is 2.27. The molecule has 4 aromatic carbocycles. The number of anilines is 5. The molecule has 1 heterocycles. The summed E-state index contributed by atoms with van der Waals surface area (Å²) in [4.78, 5) is 13.4. The van der Waals surface area contributed by atoms with Gasteiger partial charge in [0.15, 0.2) is 0 Å². The van der Waals surface area contributed by atoms with Crippen molar-refractivity contribution in [2.45, 2.75) is 0 Å². The molecule has 0 aliphatic rings. The Kier molecular flexibility index (Phi) is 6.43. The van der Waals surface area contributed by atoms with Gasteiger partial charge in [-0.2, -0.15) is 20.1 Å². The number of nitrogens with zero attached hydrogens (tertiary/aromatic N) is 4. The van der Waals surface area contributed by atoms with Crippen LogP contribution in [0.5, 0.6) is 5.75 Å². The van der Waals surface area contributed by atoms with Crippen molar-refractivity contribution in [3.05, 3.63) is 103 Å². The number of hydrogen-bond acceptors (Lipinski definition) is 8. The van der Waals surface area contributed by atoms with Crippen LogP contribution in [0.4, 0.5) is 29.2 Å². The van der Waals surface area contributed by atoms with E-state index in [9.17, 15) is 0 Å². The van der Waals surface area contributed by atoms with Crippen LogP contribution in [0, 0.1) is 0 Å². The number of rotatable bonds is 8. The number of nitrogens with one attached hydrogen (secondary N) is 3. The summed E-state index contributed by atoms with van der Waals surface area (Å²) in [6.07, 6.45) is 1.74. The summed E-state index contributed by atoms with van der Waals surface area (Å²) in [7, 11) is 1.67. The Morgan fingerprint density at radius 1 is 0.629 bits per heavy atom. The van der Waals surface area contributed by atoms with E-state index in [1.165, 1.54) is 0 Å². The van der Waals surface area contributed by atoms with E-state index in [0.717, 1.165) is 33.5 Å². The van der Waals surface area contributed by atoms with Crippen LogP contribution >= 0.6 is 0 Å². The second kappa shape index (κ2) is 10.3. The molecule has 0 fully saturated rings. The van der Waals surface area contributed by atoms with Crippen LogP contribution in [0.15, 0.2) is 102 Å². The van der Waals surface area contributed by atoms with Crippen molar-refractivity contribution < 1.29 is 4.74 Å².